The van der Waals surface area contributed by atoms with Crippen molar-refractivity contribution in [2.24, 2.45) is 5.92 Å². The Balaban J connectivity index is 2.08. The minimum Gasteiger partial charge on any atom is -0.466 e. The number of methoxy groups -OCH3 is 1. The second-order valence-electron chi connectivity index (χ2n) is 3.91. The van der Waals surface area contributed by atoms with Gasteiger partial charge in [0.15, 0.2) is 0 Å². The van der Waals surface area contributed by atoms with Gasteiger partial charge < -0.3 is 14.8 Å². The zero-order valence-corrected chi connectivity index (χ0v) is 9.62. The van der Waals surface area contributed by atoms with Gasteiger partial charge in [0, 0.05) is 19.7 Å². The van der Waals surface area contributed by atoms with Crippen molar-refractivity contribution in [1.82, 2.24) is 5.32 Å². The van der Waals surface area contributed by atoms with E-state index in [-0.39, 0.29) is 5.97 Å². The van der Waals surface area contributed by atoms with Gasteiger partial charge in [0.05, 0.1) is 19.6 Å². The van der Waals surface area contributed by atoms with Gasteiger partial charge in [-0.2, -0.15) is 0 Å². The molecule has 0 aromatic heterocycles. The van der Waals surface area contributed by atoms with E-state index in [9.17, 15) is 4.79 Å². The van der Waals surface area contributed by atoms with Crippen molar-refractivity contribution in [2.75, 3.05) is 26.9 Å². The maximum absolute atomic E-state index is 11.1. The maximum Gasteiger partial charge on any atom is 0.307 e. The molecule has 1 fully saturated rings. The van der Waals surface area contributed by atoms with E-state index in [1.54, 1.807) is 7.11 Å². The van der Waals surface area contributed by atoms with Gasteiger partial charge in [0.1, 0.15) is 0 Å². The molecule has 0 aromatic rings. The van der Waals surface area contributed by atoms with Crippen LogP contribution in [0.4, 0.5) is 0 Å². The van der Waals surface area contributed by atoms with Crippen molar-refractivity contribution in [1.29, 1.82) is 0 Å². The van der Waals surface area contributed by atoms with E-state index in [1.165, 1.54) is 12.8 Å². The first kappa shape index (κ1) is 12.5. The quantitative estimate of drug-likeness (QED) is 0.612. The molecule has 0 heterocycles. The SMILES string of the molecule is CCOC(=O)CCNC(COC)C1CC1. The first-order valence-electron chi connectivity index (χ1n) is 5.65. The van der Waals surface area contributed by atoms with E-state index in [4.69, 9.17) is 9.47 Å². The van der Waals surface area contributed by atoms with Gasteiger partial charge in [-0.05, 0) is 25.7 Å². The van der Waals surface area contributed by atoms with Crippen LogP contribution in [0.15, 0.2) is 0 Å². The van der Waals surface area contributed by atoms with Crippen LogP contribution in [0.5, 0.6) is 0 Å². The topological polar surface area (TPSA) is 47.6 Å². The van der Waals surface area contributed by atoms with Crippen LogP contribution in [-0.2, 0) is 14.3 Å². The lowest BCUT2D eigenvalue weighted by molar-refractivity contribution is -0.143. The number of hydrogen-bond donors (Lipinski definition) is 1. The minimum atomic E-state index is -0.128. The van der Waals surface area contributed by atoms with E-state index < -0.39 is 0 Å². The number of rotatable bonds is 8. The Morgan fingerprint density at radius 1 is 1.53 bits per heavy atom. The summed E-state index contributed by atoms with van der Waals surface area (Å²) >= 11 is 0. The van der Waals surface area contributed by atoms with Gasteiger partial charge in [-0.25, -0.2) is 0 Å². The van der Waals surface area contributed by atoms with E-state index >= 15 is 0 Å². The second kappa shape index (κ2) is 6.80. The van der Waals surface area contributed by atoms with Crippen LogP contribution >= 0.6 is 0 Å². The molecule has 0 saturated heterocycles. The third kappa shape index (κ3) is 5.14. The average Bonchev–Trinajstić information content (AvgIpc) is 3.00. The largest absolute Gasteiger partial charge is 0.466 e. The highest BCUT2D eigenvalue weighted by Crippen LogP contribution is 2.32. The Morgan fingerprint density at radius 2 is 2.27 bits per heavy atom. The van der Waals surface area contributed by atoms with Crippen LogP contribution in [0.1, 0.15) is 26.2 Å². The smallest absolute Gasteiger partial charge is 0.307 e. The van der Waals surface area contributed by atoms with Crippen molar-refractivity contribution >= 4 is 5.97 Å². The molecule has 1 atom stereocenters. The third-order valence-electron chi connectivity index (χ3n) is 2.58. The van der Waals surface area contributed by atoms with Crippen LogP contribution in [0.25, 0.3) is 0 Å². The summed E-state index contributed by atoms with van der Waals surface area (Å²) in [4.78, 5) is 11.1. The van der Waals surface area contributed by atoms with E-state index in [2.05, 4.69) is 5.32 Å². The van der Waals surface area contributed by atoms with Gasteiger partial charge >= 0.3 is 5.97 Å². The molecule has 1 saturated carbocycles. The van der Waals surface area contributed by atoms with Crippen LogP contribution in [-0.4, -0.2) is 38.9 Å². The number of hydrogen-bond acceptors (Lipinski definition) is 4. The molecule has 1 aliphatic carbocycles. The van der Waals surface area contributed by atoms with Crippen molar-refractivity contribution in [3.05, 3.63) is 0 Å². The molecule has 0 aliphatic heterocycles. The van der Waals surface area contributed by atoms with Crippen LogP contribution in [0.2, 0.25) is 0 Å². The molecule has 0 spiro atoms. The molecule has 0 bridgehead atoms. The highest BCUT2D eigenvalue weighted by molar-refractivity contribution is 5.69. The maximum atomic E-state index is 11.1. The number of nitrogens with one attached hydrogen (secondary N) is 1. The standard InChI is InChI=1S/C11H21NO3/c1-3-15-11(13)6-7-12-10(8-14-2)9-4-5-9/h9-10,12H,3-8H2,1-2H3. The zero-order valence-electron chi connectivity index (χ0n) is 9.62. The molecule has 4 nitrogen and oxygen atoms in total. The first-order valence-corrected chi connectivity index (χ1v) is 5.65. The number of ether oxygens (including phenoxy) is 2. The van der Waals surface area contributed by atoms with Gasteiger partial charge in [-0.1, -0.05) is 0 Å². The monoisotopic (exact) mass is 215 g/mol. The van der Waals surface area contributed by atoms with E-state index in [0.717, 1.165) is 12.5 Å². The Labute approximate surface area is 91.3 Å². The molecule has 1 aliphatic rings. The van der Waals surface area contributed by atoms with Crippen molar-refractivity contribution in [2.45, 2.75) is 32.2 Å². The molecular weight excluding hydrogens is 194 g/mol. The Morgan fingerprint density at radius 3 is 2.80 bits per heavy atom. The van der Waals surface area contributed by atoms with Gasteiger partial charge in [-0.3, -0.25) is 4.79 Å². The zero-order chi connectivity index (χ0) is 11.1. The number of carbonyl (C=O) groups is 1. The van der Waals surface area contributed by atoms with Crippen molar-refractivity contribution in [3.8, 4) is 0 Å². The highest BCUT2D eigenvalue weighted by atomic mass is 16.5. The van der Waals surface area contributed by atoms with Crippen molar-refractivity contribution in [3.63, 3.8) is 0 Å². The fraction of sp³-hybridized carbons (Fsp3) is 0.909. The first-order chi connectivity index (χ1) is 7.27. The molecule has 0 aromatic carbocycles. The Hall–Kier alpha value is -0.610. The molecular formula is C11H21NO3. The third-order valence-corrected chi connectivity index (χ3v) is 2.58. The molecule has 0 amide bonds. The van der Waals surface area contributed by atoms with E-state index in [1.807, 2.05) is 6.92 Å². The number of esters is 1. The highest BCUT2D eigenvalue weighted by Gasteiger charge is 2.30. The molecule has 1 N–H and O–H groups in total. The molecule has 88 valence electrons. The fourth-order valence-corrected chi connectivity index (χ4v) is 1.63. The van der Waals surface area contributed by atoms with Crippen LogP contribution in [0.3, 0.4) is 0 Å². The average molecular weight is 215 g/mol. The second-order valence-corrected chi connectivity index (χ2v) is 3.91. The summed E-state index contributed by atoms with van der Waals surface area (Å²) in [7, 11) is 1.71. The molecule has 4 heteroatoms. The van der Waals surface area contributed by atoms with Crippen molar-refractivity contribution < 1.29 is 14.3 Å². The van der Waals surface area contributed by atoms with Gasteiger partial charge in [0.2, 0.25) is 0 Å². The molecule has 1 unspecified atom stereocenters. The van der Waals surface area contributed by atoms with Crippen LogP contribution in [0, 0.1) is 5.92 Å². The number of carbonyl (C=O) groups excluding carboxylic acids is 1. The summed E-state index contributed by atoms with van der Waals surface area (Å²) < 4.78 is 9.98. The van der Waals surface area contributed by atoms with Gasteiger partial charge in [0.25, 0.3) is 0 Å². The molecule has 15 heavy (non-hydrogen) atoms. The summed E-state index contributed by atoms with van der Waals surface area (Å²) in [6.07, 6.45) is 3.00. The molecule has 0 radical (unpaired) electrons. The summed E-state index contributed by atoms with van der Waals surface area (Å²) in [5.41, 5.74) is 0. The summed E-state index contributed by atoms with van der Waals surface area (Å²) in [6.45, 7) is 3.70. The van der Waals surface area contributed by atoms with Gasteiger partial charge in [-0.15, -0.1) is 0 Å². The fourth-order valence-electron chi connectivity index (χ4n) is 1.63. The lowest BCUT2D eigenvalue weighted by Crippen LogP contribution is -2.36. The summed E-state index contributed by atoms with van der Waals surface area (Å²) in [5, 5.41) is 3.35. The summed E-state index contributed by atoms with van der Waals surface area (Å²) in [5.74, 6) is 0.615. The van der Waals surface area contributed by atoms with E-state index in [0.29, 0.717) is 25.6 Å². The lowest BCUT2D eigenvalue weighted by atomic mass is 10.2. The minimum absolute atomic E-state index is 0.128. The van der Waals surface area contributed by atoms with Crippen LogP contribution < -0.4 is 5.32 Å². The Kier molecular flexibility index (Phi) is 5.65. The summed E-state index contributed by atoms with van der Waals surface area (Å²) in [6, 6.07) is 0.407. The Bertz CT molecular complexity index is 192. The lowest BCUT2D eigenvalue weighted by Gasteiger charge is -2.16. The normalized spacial score (nSPS) is 17.5. The predicted molar refractivity (Wildman–Crippen MR) is 57.6 cm³/mol. The molecule has 1 rings (SSSR count). The predicted octanol–water partition coefficient (Wildman–Crippen LogP) is 0.954.